The normalized spacial score (nSPS) is 16.9. The molecule has 6 nitrogen and oxygen atoms in total. The van der Waals surface area contributed by atoms with Gasteiger partial charge in [-0.3, -0.25) is 4.72 Å². The van der Waals surface area contributed by atoms with Crippen LogP contribution in [0.15, 0.2) is 56.6 Å². The third-order valence-electron chi connectivity index (χ3n) is 7.64. The van der Waals surface area contributed by atoms with Crippen molar-refractivity contribution in [3.8, 4) is 5.75 Å². The lowest BCUT2D eigenvalue weighted by molar-refractivity contribution is 0.124. The van der Waals surface area contributed by atoms with E-state index in [9.17, 15) is 35.9 Å². The summed E-state index contributed by atoms with van der Waals surface area (Å²) < 4.78 is 87.1. The summed E-state index contributed by atoms with van der Waals surface area (Å²) >= 11 is 0. The molecule has 1 atom stereocenters. The molecule has 0 radical (unpaired) electrons. The maximum Gasteiger partial charge on any atom is 0.343 e. The minimum Gasteiger partial charge on any atom is -0.507 e. The van der Waals surface area contributed by atoms with Crippen molar-refractivity contribution in [2.75, 3.05) is 4.72 Å². The molecule has 0 amide bonds. The molecule has 1 fully saturated rings. The van der Waals surface area contributed by atoms with Crippen LogP contribution in [0.5, 0.6) is 5.75 Å². The summed E-state index contributed by atoms with van der Waals surface area (Å²) in [6, 6.07) is 8.37. The second kappa shape index (κ2) is 11.3. The first-order valence-electron chi connectivity index (χ1n) is 13.3. The molecule has 214 valence electrons. The number of benzene rings is 2. The van der Waals surface area contributed by atoms with Crippen LogP contribution in [0.2, 0.25) is 0 Å². The van der Waals surface area contributed by atoms with Gasteiger partial charge < -0.3 is 9.52 Å². The van der Waals surface area contributed by atoms with Gasteiger partial charge in [0.25, 0.3) is 22.9 Å². The molecule has 2 aromatic carbocycles. The van der Waals surface area contributed by atoms with E-state index in [0.717, 1.165) is 44.6 Å². The molecule has 0 bridgehead atoms. The lowest BCUT2D eigenvalue weighted by Crippen LogP contribution is -2.19. The predicted molar refractivity (Wildman–Crippen MR) is 141 cm³/mol. The van der Waals surface area contributed by atoms with Gasteiger partial charge in [0.15, 0.2) is 0 Å². The SMILES string of the molecule is O=c1oc2c(c(O)c1C(c1cccc(NS(=O)(=O)c3ccc(C(F)F)c(C(F)F)c3)c1)C1CC1)CCCCCC2. The summed E-state index contributed by atoms with van der Waals surface area (Å²) in [5.74, 6) is -0.0346. The lowest BCUT2D eigenvalue weighted by atomic mass is 9.85. The Morgan fingerprint density at radius 3 is 2.27 bits per heavy atom. The van der Waals surface area contributed by atoms with E-state index >= 15 is 0 Å². The molecule has 3 aromatic rings. The zero-order chi connectivity index (χ0) is 28.6. The van der Waals surface area contributed by atoms with E-state index in [1.165, 1.54) is 12.1 Å². The minimum absolute atomic E-state index is 0.0442. The fraction of sp³-hybridized carbons (Fsp3) is 0.414. The number of aryl methyl sites for hydroxylation is 1. The quantitative estimate of drug-likeness (QED) is 0.275. The number of sulfonamides is 1. The van der Waals surface area contributed by atoms with Gasteiger partial charge in [-0.05, 0) is 67.9 Å². The Hall–Kier alpha value is -3.34. The predicted octanol–water partition coefficient (Wildman–Crippen LogP) is 7.22. The van der Waals surface area contributed by atoms with Crippen LogP contribution in [0.25, 0.3) is 0 Å². The van der Waals surface area contributed by atoms with Gasteiger partial charge in [0, 0.05) is 34.7 Å². The Balaban J connectivity index is 1.50. The van der Waals surface area contributed by atoms with Crippen LogP contribution in [0.4, 0.5) is 23.2 Å². The van der Waals surface area contributed by atoms with Gasteiger partial charge in [-0.1, -0.05) is 31.0 Å². The van der Waals surface area contributed by atoms with E-state index in [0.29, 0.717) is 41.9 Å². The van der Waals surface area contributed by atoms with Crippen molar-refractivity contribution in [1.29, 1.82) is 0 Å². The highest BCUT2D eigenvalue weighted by atomic mass is 32.2. The maximum atomic E-state index is 13.4. The fourth-order valence-corrected chi connectivity index (χ4v) is 6.60. The monoisotopic (exact) mass is 579 g/mol. The average molecular weight is 580 g/mol. The van der Waals surface area contributed by atoms with Crippen molar-refractivity contribution in [2.24, 2.45) is 5.92 Å². The maximum absolute atomic E-state index is 13.4. The van der Waals surface area contributed by atoms with Crippen LogP contribution in [0, 0.1) is 5.92 Å². The van der Waals surface area contributed by atoms with Gasteiger partial charge in [0.1, 0.15) is 11.5 Å². The molecule has 40 heavy (non-hydrogen) atoms. The van der Waals surface area contributed by atoms with E-state index in [4.69, 9.17) is 4.42 Å². The Labute approximate surface area is 229 Å². The minimum atomic E-state index is -4.42. The van der Waals surface area contributed by atoms with Gasteiger partial charge in [-0.15, -0.1) is 0 Å². The van der Waals surface area contributed by atoms with Gasteiger partial charge in [-0.25, -0.2) is 30.8 Å². The second-order valence-electron chi connectivity index (χ2n) is 10.4. The van der Waals surface area contributed by atoms with Crippen LogP contribution in [-0.2, 0) is 22.9 Å². The Morgan fingerprint density at radius 2 is 1.60 bits per heavy atom. The Morgan fingerprint density at radius 1 is 0.900 bits per heavy atom. The summed E-state index contributed by atoms with van der Waals surface area (Å²) in [6.07, 6.45) is 0.104. The highest BCUT2D eigenvalue weighted by molar-refractivity contribution is 7.92. The molecular formula is C29H29F4NO5S. The molecular weight excluding hydrogens is 550 g/mol. The van der Waals surface area contributed by atoms with E-state index in [1.54, 1.807) is 12.1 Å². The van der Waals surface area contributed by atoms with Gasteiger partial charge >= 0.3 is 5.63 Å². The first kappa shape index (κ1) is 28.2. The molecule has 1 heterocycles. The zero-order valence-corrected chi connectivity index (χ0v) is 22.3. The average Bonchev–Trinajstić information content (AvgIpc) is 3.72. The van der Waals surface area contributed by atoms with Gasteiger partial charge in [0.2, 0.25) is 0 Å². The summed E-state index contributed by atoms with van der Waals surface area (Å²) in [5, 5.41) is 11.3. The van der Waals surface area contributed by atoms with E-state index in [2.05, 4.69) is 4.72 Å². The van der Waals surface area contributed by atoms with Crippen molar-refractivity contribution in [3.05, 3.63) is 86.5 Å². The van der Waals surface area contributed by atoms with Crippen molar-refractivity contribution in [1.82, 2.24) is 0 Å². The van der Waals surface area contributed by atoms with E-state index in [1.807, 2.05) is 0 Å². The molecule has 0 spiro atoms. The van der Waals surface area contributed by atoms with Crippen LogP contribution in [0.3, 0.4) is 0 Å². The van der Waals surface area contributed by atoms with Crippen LogP contribution in [0.1, 0.15) is 90.9 Å². The Bertz CT molecular complexity index is 1570. The van der Waals surface area contributed by atoms with Crippen LogP contribution in [-0.4, -0.2) is 13.5 Å². The molecule has 2 aliphatic rings. The summed E-state index contributed by atoms with van der Waals surface area (Å²) in [5.41, 5.74) is -1.12. The zero-order valence-electron chi connectivity index (χ0n) is 21.5. The number of halogens is 4. The number of aromatic hydroxyl groups is 1. The van der Waals surface area contributed by atoms with Crippen LogP contribution >= 0.6 is 0 Å². The third kappa shape index (κ3) is 5.75. The van der Waals surface area contributed by atoms with Crippen molar-refractivity contribution < 1.29 is 35.5 Å². The first-order chi connectivity index (χ1) is 19.1. The van der Waals surface area contributed by atoms with E-state index in [-0.39, 0.29) is 22.9 Å². The molecule has 2 aliphatic carbocycles. The smallest absolute Gasteiger partial charge is 0.343 e. The van der Waals surface area contributed by atoms with E-state index < -0.39 is 50.4 Å². The molecule has 1 saturated carbocycles. The molecule has 11 heteroatoms. The lowest BCUT2D eigenvalue weighted by Gasteiger charge is -2.22. The Kier molecular flexibility index (Phi) is 7.94. The molecule has 5 rings (SSSR count). The van der Waals surface area contributed by atoms with Gasteiger partial charge in [0.05, 0.1) is 10.5 Å². The summed E-state index contributed by atoms with van der Waals surface area (Å²) in [6.45, 7) is 0. The largest absolute Gasteiger partial charge is 0.507 e. The second-order valence-corrected chi connectivity index (χ2v) is 12.1. The number of alkyl halides is 4. The molecule has 1 aromatic heterocycles. The summed E-state index contributed by atoms with van der Waals surface area (Å²) in [4.78, 5) is 12.6. The standard InChI is InChI=1S/C29H29F4NO5S/c30-27(31)20-13-12-19(15-22(20)28(32)33)40(37,38)34-18-7-5-6-17(14-18)24(16-10-11-16)25-26(35)21-8-3-1-2-4-9-23(21)39-29(25)36/h5-7,12-16,24,27-28,34-35H,1-4,8-11H2. The number of hydrogen-bond acceptors (Lipinski definition) is 5. The molecule has 2 N–H and O–H groups in total. The summed E-state index contributed by atoms with van der Waals surface area (Å²) in [7, 11) is -4.42. The van der Waals surface area contributed by atoms with Crippen molar-refractivity contribution in [3.63, 3.8) is 0 Å². The van der Waals surface area contributed by atoms with Crippen molar-refractivity contribution in [2.45, 2.75) is 75.0 Å². The molecule has 0 aliphatic heterocycles. The first-order valence-corrected chi connectivity index (χ1v) is 14.8. The van der Waals surface area contributed by atoms with Crippen LogP contribution < -0.4 is 10.3 Å². The number of hydrogen-bond donors (Lipinski definition) is 2. The molecule has 0 saturated heterocycles. The molecule has 1 unspecified atom stereocenters. The topological polar surface area (TPSA) is 96.6 Å². The van der Waals surface area contributed by atoms with Gasteiger partial charge in [-0.2, -0.15) is 0 Å². The number of anilines is 1. The highest BCUT2D eigenvalue weighted by Gasteiger charge is 2.38. The number of rotatable bonds is 8. The number of nitrogens with one attached hydrogen (secondary N) is 1. The number of fused-ring (bicyclic) bond motifs is 1. The third-order valence-corrected chi connectivity index (χ3v) is 9.01. The highest BCUT2D eigenvalue weighted by Crippen LogP contribution is 2.49. The van der Waals surface area contributed by atoms with Crippen molar-refractivity contribution >= 4 is 15.7 Å². The fourth-order valence-electron chi connectivity index (χ4n) is 5.52.